The fourth-order valence-corrected chi connectivity index (χ4v) is 2.71. The first-order valence-corrected chi connectivity index (χ1v) is 8.61. The molecule has 0 saturated carbocycles. The van der Waals surface area contributed by atoms with Crippen LogP contribution in [-0.2, 0) is 9.53 Å². The van der Waals surface area contributed by atoms with Crippen LogP contribution in [0.1, 0.15) is 35.9 Å². The number of H-pyrrole nitrogens is 1. The number of benzene rings is 2. The van der Waals surface area contributed by atoms with E-state index in [1.165, 1.54) is 19.1 Å². The number of aromatic amines is 1. The summed E-state index contributed by atoms with van der Waals surface area (Å²) in [6.07, 6.45) is -1.09. The van der Waals surface area contributed by atoms with Gasteiger partial charge in [-0.15, -0.1) is 0 Å². The van der Waals surface area contributed by atoms with Gasteiger partial charge in [0.1, 0.15) is 5.82 Å². The number of carbonyl (C=O) groups excluding carboxylic acids is 2. The zero-order valence-corrected chi connectivity index (χ0v) is 15.2. The molecule has 0 radical (unpaired) electrons. The van der Waals surface area contributed by atoms with Crippen molar-refractivity contribution in [2.45, 2.75) is 26.0 Å². The third-order valence-electron chi connectivity index (χ3n) is 4.27. The summed E-state index contributed by atoms with van der Waals surface area (Å²) in [5.74, 6) is -1.71. The molecule has 2 aromatic carbocycles. The topological polar surface area (TPSA) is 101 Å². The molecule has 0 saturated heterocycles. The molecule has 0 spiro atoms. The Balaban J connectivity index is 1.70. The summed E-state index contributed by atoms with van der Waals surface area (Å²) in [5, 5.41) is 9.34. The molecule has 0 fully saturated rings. The highest BCUT2D eigenvalue weighted by Gasteiger charge is 2.23. The highest BCUT2D eigenvalue weighted by atomic mass is 19.1. The normalized spacial score (nSPS) is 13.0. The van der Waals surface area contributed by atoms with Crippen molar-refractivity contribution in [1.82, 2.24) is 15.5 Å². The molecule has 0 bridgehead atoms. The van der Waals surface area contributed by atoms with E-state index in [1.54, 1.807) is 43.3 Å². The number of halogens is 1. The van der Waals surface area contributed by atoms with E-state index in [0.29, 0.717) is 16.3 Å². The smallest absolute Gasteiger partial charge is 0.360 e. The second-order valence-corrected chi connectivity index (χ2v) is 6.28. The third-order valence-corrected chi connectivity index (χ3v) is 4.27. The van der Waals surface area contributed by atoms with Crippen LogP contribution in [0.25, 0.3) is 10.8 Å². The van der Waals surface area contributed by atoms with Gasteiger partial charge < -0.3 is 10.1 Å². The average Bonchev–Trinajstić information content (AvgIpc) is 2.68. The van der Waals surface area contributed by atoms with Crippen molar-refractivity contribution >= 4 is 22.6 Å². The van der Waals surface area contributed by atoms with E-state index in [2.05, 4.69) is 15.5 Å². The Bertz CT molecular complexity index is 1080. The van der Waals surface area contributed by atoms with Crippen molar-refractivity contribution in [2.24, 2.45) is 0 Å². The molecule has 2 atom stereocenters. The second kappa shape index (κ2) is 7.99. The lowest BCUT2D eigenvalue weighted by atomic mass is 10.1. The van der Waals surface area contributed by atoms with Gasteiger partial charge in [0.25, 0.3) is 11.5 Å². The molecule has 3 aromatic rings. The average molecular weight is 383 g/mol. The van der Waals surface area contributed by atoms with Gasteiger partial charge in [-0.05, 0) is 37.6 Å². The fourth-order valence-electron chi connectivity index (χ4n) is 2.71. The van der Waals surface area contributed by atoms with E-state index in [-0.39, 0.29) is 11.5 Å². The summed E-state index contributed by atoms with van der Waals surface area (Å²) < 4.78 is 18.2. The van der Waals surface area contributed by atoms with Crippen molar-refractivity contribution in [2.75, 3.05) is 0 Å². The fraction of sp³-hybridized carbons (Fsp3) is 0.200. The number of esters is 1. The van der Waals surface area contributed by atoms with Crippen LogP contribution < -0.4 is 10.9 Å². The van der Waals surface area contributed by atoms with Crippen molar-refractivity contribution in [3.63, 3.8) is 0 Å². The molecule has 3 rings (SSSR count). The molecule has 144 valence electrons. The van der Waals surface area contributed by atoms with E-state index in [1.807, 2.05) is 0 Å². The lowest BCUT2D eigenvalue weighted by Crippen LogP contribution is -2.37. The van der Waals surface area contributed by atoms with Gasteiger partial charge in [-0.25, -0.2) is 14.3 Å². The third kappa shape index (κ3) is 4.06. The molecule has 0 aliphatic heterocycles. The largest absolute Gasteiger partial charge is 0.448 e. The molecule has 0 unspecified atom stereocenters. The molecule has 2 N–H and O–H groups in total. The van der Waals surface area contributed by atoms with Gasteiger partial charge in [0.05, 0.1) is 11.4 Å². The van der Waals surface area contributed by atoms with Gasteiger partial charge in [0, 0.05) is 5.39 Å². The summed E-state index contributed by atoms with van der Waals surface area (Å²) in [4.78, 5) is 36.6. The van der Waals surface area contributed by atoms with E-state index in [4.69, 9.17) is 4.74 Å². The quantitative estimate of drug-likeness (QED) is 0.659. The summed E-state index contributed by atoms with van der Waals surface area (Å²) in [6.45, 7) is 3.16. The highest BCUT2D eigenvalue weighted by molar-refractivity contribution is 6.02. The Labute approximate surface area is 159 Å². The minimum absolute atomic E-state index is 0.0820. The molecule has 1 amide bonds. The maximum absolute atomic E-state index is 13.0. The van der Waals surface area contributed by atoms with Gasteiger partial charge in [-0.2, -0.15) is 5.10 Å². The molecule has 7 nitrogen and oxygen atoms in total. The molecule has 8 heteroatoms. The van der Waals surface area contributed by atoms with Gasteiger partial charge >= 0.3 is 5.97 Å². The van der Waals surface area contributed by atoms with Gasteiger partial charge in [-0.3, -0.25) is 9.59 Å². The van der Waals surface area contributed by atoms with Crippen molar-refractivity contribution in [3.05, 3.63) is 76.0 Å². The summed E-state index contributed by atoms with van der Waals surface area (Å²) in [7, 11) is 0. The first-order chi connectivity index (χ1) is 13.4. The van der Waals surface area contributed by atoms with Crippen LogP contribution >= 0.6 is 0 Å². The van der Waals surface area contributed by atoms with E-state index in [9.17, 15) is 18.8 Å². The highest BCUT2D eigenvalue weighted by Crippen LogP contribution is 2.15. The van der Waals surface area contributed by atoms with Crippen LogP contribution in [0.4, 0.5) is 4.39 Å². The lowest BCUT2D eigenvalue weighted by molar-refractivity contribution is -0.129. The molecule has 0 aliphatic carbocycles. The number of hydrogen-bond acceptors (Lipinski definition) is 5. The maximum Gasteiger partial charge on any atom is 0.360 e. The number of nitrogens with zero attached hydrogens (tertiary/aromatic N) is 1. The zero-order valence-electron chi connectivity index (χ0n) is 15.2. The lowest BCUT2D eigenvalue weighted by Gasteiger charge is -2.18. The molecule has 1 aromatic heterocycles. The van der Waals surface area contributed by atoms with Crippen molar-refractivity contribution in [1.29, 1.82) is 0 Å². The Hall–Kier alpha value is -3.55. The minimum Gasteiger partial charge on any atom is -0.448 e. The summed E-state index contributed by atoms with van der Waals surface area (Å²) in [6, 6.07) is 11.8. The number of amides is 1. The molecular formula is C20H18FN3O4. The Morgan fingerprint density at radius 2 is 1.71 bits per heavy atom. The van der Waals surface area contributed by atoms with Crippen molar-refractivity contribution in [3.8, 4) is 0 Å². The standard InChI is InChI=1S/C20H18FN3O4/c1-11(13-7-9-14(21)10-8-13)22-18(25)12(2)28-20(27)17-15-5-3-4-6-16(15)19(26)24-23-17/h3-12H,1-2H3,(H,22,25)(H,24,26)/t11-,12+/m1/s1. The maximum atomic E-state index is 13.0. The molecule has 0 aliphatic rings. The second-order valence-electron chi connectivity index (χ2n) is 6.28. The van der Waals surface area contributed by atoms with Crippen LogP contribution in [-0.4, -0.2) is 28.2 Å². The number of fused-ring (bicyclic) bond motifs is 1. The van der Waals surface area contributed by atoms with Crippen LogP contribution in [0.3, 0.4) is 0 Å². The summed E-state index contributed by atoms with van der Waals surface area (Å²) in [5.41, 5.74) is 0.203. The summed E-state index contributed by atoms with van der Waals surface area (Å²) >= 11 is 0. The monoisotopic (exact) mass is 383 g/mol. The van der Waals surface area contributed by atoms with Crippen LogP contribution in [0, 0.1) is 5.82 Å². The number of rotatable bonds is 5. The molecular weight excluding hydrogens is 365 g/mol. The number of hydrogen-bond donors (Lipinski definition) is 2. The van der Waals surface area contributed by atoms with Crippen molar-refractivity contribution < 1.29 is 18.7 Å². The van der Waals surface area contributed by atoms with Crippen LogP contribution in [0.2, 0.25) is 0 Å². The predicted molar refractivity (Wildman–Crippen MR) is 100 cm³/mol. The first kappa shape index (κ1) is 19.2. The predicted octanol–water partition coefficient (Wildman–Crippen LogP) is 2.48. The van der Waals surface area contributed by atoms with E-state index in [0.717, 1.165) is 0 Å². The Morgan fingerprint density at radius 1 is 1.07 bits per heavy atom. The first-order valence-electron chi connectivity index (χ1n) is 8.61. The van der Waals surface area contributed by atoms with Crippen LogP contribution in [0.15, 0.2) is 53.3 Å². The number of ether oxygens (including phenoxy) is 1. The van der Waals surface area contributed by atoms with Gasteiger partial charge in [0.2, 0.25) is 0 Å². The number of nitrogens with one attached hydrogen (secondary N) is 2. The van der Waals surface area contributed by atoms with E-state index >= 15 is 0 Å². The van der Waals surface area contributed by atoms with Gasteiger partial charge in [-0.1, -0.05) is 30.3 Å². The molecule has 1 heterocycles. The van der Waals surface area contributed by atoms with Gasteiger partial charge in [0.15, 0.2) is 11.8 Å². The van der Waals surface area contributed by atoms with E-state index < -0.39 is 29.6 Å². The minimum atomic E-state index is -1.09. The SMILES string of the molecule is C[C@H](OC(=O)c1n[nH]c(=O)c2ccccc12)C(=O)N[C@H](C)c1ccc(F)cc1. The number of aromatic nitrogens is 2. The Kier molecular flexibility index (Phi) is 5.49. The molecule has 28 heavy (non-hydrogen) atoms. The Morgan fingerprint density at radius 3 is 2.39 bits per heavy atom. The zero-order chi connectivity index (χ0) is 20.3. The number of carbonyl (C=O) groups is 2. The van der Waals surface area contributed by atoms with Crippen LogP contribution in [0.5, 0.6) is 0 Å².